The van der Waals surface area contributed by atoms with E-state index in [0.29, 0.717) is 5.75 Å². The number of halogens is 1. The Balaban J connectivity index is 2.18. The van der Waals surface area contributed by atoms with Crippen molar-refractivity contribution in [2.75, 3.05) is 12.8 Å². The monoisotopic (exact) mass is 347 g/mol. The lowest BCUT2D eigenvalue weighted by atomic mass is 9.94. The lowest BCUT2D eigenvalue weighted by Crippen LogP contribution is -2.41. The highest BCUT2D eigenvalue weighted by Gasteiger charge is 2.30. The summed E-state index contributed by atoms with van der Waals surface area (Å²) in [4.78, 5) is 4.32. The smallest absolute Gasteiger partial charge is 0.141 e. The molecule has 0 radical (unpaired) electrons. The standard InChI is InChI=1S/C15H14BrN3S/c1-18-15(10-17,12-5-3-2-4-6-12)11-20-14-8-7-13(16)9-19-14/h2-9,18H,11H2,1H3. The molecule has 2 aromatic rings. The lowest BCUT2D eigenvalue weighted by Gasteiger charge is -2.26. The number of thioether (sulfide) groups is 1. The average Bonchev–Trinajstić information content (AvgIpc) is 2.51. The minimum Gasteiger partial charge on any atom is -0.298 e. The second-order valence-corrected chi connectivity index (χ2v) is 6.15. The van der Waals surface area contributed by atoms with Crippen LogP contribution in [0.3, 0.4) is 0 Å². The first kappa shape index (κ1) is 15.0. The Bertz CT molecular complexity index is 595. The van der Waals surface area contributed by atoms with Crippen LogP contribution in [0.15, 0.2) is 58.2 Å². The van der Waals surface area contributed by atoms with Crippen LogP contribution in [-0.4, -0.2) is 17.8 Å². The number of pyridine rings is 1. The third-order valence-corrected chi connectivity index (χ3v) is 4.60. The molecule has 0 spiro atoms. The van der Waals surface area contributed by atoms with Crippen LogP contribution in [-0.2, 0) is 5.54 Å². The second kappa shape index (κ2) is 6.89. The predicted octanol–water partition coefficient (Wildman–Crippen LogP) is 3.57. The van der Waals surface area contributed by atoms with Crippen LogP contribution >= 0.6 is 27.7 Å². The fourth-order valence-electron chi connectivity index (χ4n) is 1.81. The van der Waals surface area contributed by atoms with Crippen molar-refractivity contribution in [2.45, 2.75) is 10.6 Å². The normalized spacial score (nSPS) is 13.4. The number of hydrogen-bond donors (Lipinski definition) is 1. The van der Waals surface area contributed by atoms with Gasteiger partial charge in [0.2, 0.25) is 0 Å². The summed E-state index contributed by atoms with van der Waals surface area (Å²) in [7, 11) is 1.81. The molecule has 1 unspecified atom stereocenters. The van der Waals surface area contributed by atoms with E-state index in [-0.39, 0.29) is 0 Å². The Hall–Kier alpha value is -1.35. The van der Waals surface area contributed by atoms with Gasteiger partial charge in [0.05, 0.1) is 11.1 Å². The summed E-state index contributed by atoms with van der Waals surface area (Å²) in [6.45, 7) is 0. The number of nitrogens with zero attached hydrogens (tertiary/aromatic N) is 2. The van der Waals surface area contributed by atoms with Crippen molar-refractivity contribution in [3.05, 3.63) is 58.7 Å². The van der Waals surface area contributed by atoms with E-state index in [2.05, 4.69) is 32.3 Å². The van der Waals surface area contributed by atoms with Crippen molar-refractivity contribution in [1.29, 1.82) is 5.26 Å². The molecule has 20 heavy (non-hydrogen) atoms. The Morgan fingerprint density at radius 3 is 2.60 bits per heavy atom. The first-order valence-electron chi connectivity index (χ1n) is 6.10. The number of benzene rings is 1. The highest BCUT2D eigenvalue weighted by Crippen LogP contribution is 2.28. The van der Waals surface area contributed by atoms with Crippen molar-refractivity contribution in [1.82, 2.24) is 10.3 Å². The number of nitriles is 1. The maximum atomic E-state index is 9.60. The van der Waals surface area contributed by atoms with E-state index < -0.39 is 5.54 Å². The molecule has 3 nitrogen and oxygen atoms in total. The summed E-state index contributed by atoms with van der Waals surface area (Å²) in [6, 6.07) is 16.1. The van der Waals surface area contributed by atoms with E-state index >= 15 is 0 Å². The van der Waals surface area contributed by atoms with E-state index in [1.807, 2.05) is 49.5 Å². The number of hydrogen-bond acceptors (Lipinski definition) is 4. The first-order chi connectivity index (χ1) is 9.70. The molecule has 1 heterocycles. The molecule has 0 bridgehead atoms. The van der Waals surface area contributed by atoms with Gasteiger partial charge in [-0.25, -0.2) is 4.98 Å². The van der Waals surface area contributed by atoms with Crippen molar-refractivity contribution in [3.8, 4) is 6.07 Å². The zero-order chi connectivity index (χ0) is 14.4. The quantitative estimate of drug-likeness (QED) is 0.840. The zero-order valence-electron chi connectivity index (χ0n) is 11.0. The van der Waals surface area contributed by atoms with Crippen molar-refractivity contribution in [2.24, 2.45) is 0 Å². The Morgan fingerprint density at radius 2 is 2.05 bits per heavy atom. The first-order valence-corrected chi connectivity index (χ1v) is 7.88. The van der Waals surface area contributed by atoms with Gasteiger partial charge in [0.1, 0.15) is 5.54 Å². The summed E-state index contributed by atoms with van der Waals surface area (Å²) in [6.07, 6.45) is 1.76. The van der Waals surface area contributed by atoms with Crippen LogP contribution in [0.1, 0.15) is 5.56 Å². The van der Waals surface area contributed by atoms with Crippen LogP contribution in [0.5, 0.6) is 0 Å². The maximum absolute atomic E-state index is 9.60. The van der Waals surface area contributed by atoms with Crippen LogP contribution in [0.25, 0.3) is 0 Å². The summed E-state index contributed by atoms with van der Waals surface area (Å²) < 4.78 is 0.949. The van der Waals surface area contributed by atoms with E-state index in [0.717, 1.165) is 15.1 Å². The Morgan fingerprint density at radius 1 is 1.30 bits per heavy atom. The van der Waals surface area contributed by atoms with Gasteiger partial charge in [-0.3, -0.25) is 5.32 Å². The molecule has 0 fully saturated rings. The molecule has 1 aromatic heterocycles. The SMILES string of the molecule is CNC(C#N)(CSc1ccc(Br)cn1)c1ccccc1. The van der Waals surface area contributed by atoms with Gasteiger partial charge in [0.25, 0.3) is 0 Å². The van der Waals surface area contributed by atoms with Gasteiger partial charge >= 0.3 is 0 Å². The van der Waals surface area contributed by atoms with Crippen LogP contribution in [0, 0.1) is 11.3 Å². The third kappa shape index (κ3) is 3.40. The molecule has 0 amide bonds. The molecule has 1 aromatic carbocycles. The fraction of sp³-hybridized carbons (Fsp3) is 0.200. The van der Waals surface area contributed by atoms with Crippen molar-refractivity contribution >= 4 is 27.7 Å². The van der Waals surface area contributed by atoms with Gasteiger partial charge in [-0.05, 0) is 40.7 Å². The van der Waals surface area contributed by atoms with E-state index in [1.165, 1.54) is 0 Å². The van der Waals surface area contributed by atoms with Gasteiger partial charge < -0.3 is 0 Å². The summed E-state index contributed by atoms with van der Waals surface area (Å²) in [5, 5.41) is 13.6. The summed E-state index contributed by atoms with van der Waals surface area (Å²) >= 11 is 4.93. The molecular weight excluding hydrogens is 334 g/mol. The molecule has 0 aliphatic heterocycles. The molecule has 0 saturated carbocycles. The van der Waals surface area contributed by atoms with Gasteiger partial charge in [-0.1, -0.05) is 30.3 Å². The van der Waals surface area contributed by atoms with Gasteiger partial charge in [0.15, 0.2) is 0 Å². The maximum Gasteiger partial charge on any atom is 0.141 e. The van der Waals surface area contributed by atoms with E-state index in [1.54, 1.807) is 18.0 Å². The van der Waals surface area contributed by atoms with Gasteiger partial charge in [-0.15, -0.1) is 11.8 Å². The highest BCUT2D eigenvalue weighted by molar-refractivity contribution is 9.10. The zero-order valence-corrected chi connectivity index (χ0v) is 13.4. The number of aromatic nitrogens is 1. The molecular formula is C15H14BrN3S. The largest absolute Gasteiger partial charge is 0.298 e. The molecule has 102 valence electrons. The average molecular weight is 348 g/mol. The summed E-state index contributed by atoms with van der Waals surface area (Å²) in [5.74, 6) is 0.596. The van der Waals surface area contributed by atoms with Gasteiger partial charge in [-0.2, -0.15) is 5.26 Å². The minimum atomic E-state index is -0.708. The second-order valence-electron chi connectivity index (χ2n) is 4.24. The lowest BCUT2D eigenvalue weighted by molar-refractivity contribution is 0.528. The predicted molar refractivity (Wildman–Crippen MR) is 85.5 cm³/mol. The van der Waals surface area contributed by atoms with E-state index in [4.69, 9.17) is 0 Å². The minimum absolute atomic E-state index is 0.596. The fourth-order valence-corrected chi connectivity index (χ4v) is 3.07. The van der Waals surface area contributed by atoms with Crippen molar-refractivity contribution in [3.63, 3.8) is 0 Å². The molecule has 0 aliphatic carbocycles. The number of nitrogens with one attached hydrogen (secondary N) is 1. The molecule has 0 aliphatic rings. The topological polar surface area (TPSA) is 48.7 Å². The molecule has 0 saturated heterocycles. The summed E-state index contributed by atoms with van der Waals surface area (Å²) in [5.41, 5.74) is 0.260. The molecule has 5 heteroatoms. The Kier molecular flexibility index (Phi) is 5.18. The van der Waals surface area contributed by atoms with Crippen LogP contribution < -0.4 is 5.32 Å². The van der Waals surface area contributed by atoms with Crippen LogP contribution in [0.2, 0.25) is 0 Å². The molecule has 1 N–H and O–H groups in total. The third-order valence-electron chi connectivity index (χ3n) is 3.02. The number of rotatable bonds is 5. The van der Waals surface area contributed by atoms with E-state index in [9.17, 15) is 5.26 Å². The Labute approximate surface area is 131 Å². The molecule has 1 atom stereocenters. The molecule has 2 rings (SSSR count). The van der Waals surface area contributed by atoms with Crippen molar-refractivity contribution < 1.29 is 0 Å². The van der Waals surface area contributed by atoms with Crippen LogP contribution in [0.4, 0.5) is 0 Å². The van der Waals surface area contributed by atoms with Gasteiger partial charge in [0, 0.05) is 16.4 Å². The highest BCUT2D eigenvalue weighted by atomic mass is 79.9.